The molecule has 1 N–H and O–H groups in total. The fourth-order valence-electron chi connectivity index (χ4n) is 4.64. The quantitative estimate of drug-likeness (QED) is 0.268. The van der Waals surface area contributed by atoms with Crippen molar-refractivity contribution in [2.45, 2.75) is 45.9 Å². The third-order valence-electron chi connectivity index (χ3n) is 6.45. The van der Waals surface area contributed by atoms with Crippen LogP contribution in [0, 0.1) is 5.82 Å². The van der Waals surface area contributed by atoms with Gasteiger partial charge in [-0.15, -0.1) is 5.10 Å². The number of ether oxygens (including phenoxy) is 1. The Bertz CT molecular complexity index is 1550. The Kier molecular flexibility index (Phi) is 7.60. The van der Waals surface area contributed by atoms with Gasteiger partial charge in [0.05, 0.1) is 18.9 Å². The van der Waals surface area contributed by atoms with E-state index in [0.29, 0.717) is 44.0 Å². The molecule has 0 spiro atoms. The molecule has 0 saturated carbocycles. The van der Waals surface area contributed by atoms with Gasteiger partial charge in [0.15, 0.2) is 5.82 Å². The van der Waals surface area contributed by atoms with E-state index in [1.165, 1.54) is 12.1 Å². The Hall–Kier alpha value is -4.31. The number of benzene rings is 2. The van der Waals surface area contributed by atoms with Crippen molar-refractivity contribution < 1.29 is 13.5 Å². The first-order valence-electron chi connectivity index (χ1n) is 12.6. The second-order valence-electron chi connectivity index (χ2n) is 9.04. The van der Waals surface area contributed by atoms with Gasteiger partial charge in [-0.3, -0.25) is 9.69 Å². The Morgan fingerprint density at radius 3 is 2.68 bits per heavy atom. The van der Waals surface area contributed by atoms with E-state index < -0.39 is 0 Å². The maximum Gasteiger partial charge on any atom is 0.252 e. The second kappa shape index (κ2) is 11.4. The third-order valence-corrected chi connectivity index (χ3v) is 6.45. The van der Waals surface area contributed by atoms with Gasteiger partial charge in [-0.05, 0) is 77.9 Å². The average molecular weight is 517 g/mol. The fourth-order valence-corrected chi connectivity index (χ4v) is 4.64. The Morgan fingerprint density at radius 2 is 1.95 bits per heavy atom. The van der Waals surface area contributed by atoms with Crippen LogP contribution < -0.4 is 10.3 Å². The number of H-pyrrole nitrogens is 1. The molecule has 5 aromatic rings. The predicted molar refractivity (Wildman–Crippen MR) is 140 cm³/mol. The molecule has 0 aliphatic heterocycles. The van der Waals surface area contributed by atoms with Crippen LogP contribution in [0.2, 0.25) is 0 Å². The summed E-state index contributed by atoms with van der Waals surface area (Å²) in [5.41, 5.74) is 2.07. The lowest BCUT2D eigenvalue weighted by Gasteiger charge is -2.30. The highest BCUT2D eigenvalue weighted by atomic mass is 19.1. The molecular weight excluding hydrogens is 487 g/mol. The van der Waals surface area contributed by atoms with Crippen molar-refractivity contribution in [2.24, 2.45) is 0 Å². The minimum atomic E-state index is -0.300. The molecule has 3 heterocycles. The van der Waals surface area contributed by atoms with Gasteiger partial charge in [0, 0.05) is 29.6 Å². The van der Waals surface area contributed by atoms with Gasteiger partial charge >= 0.3 is 0 Å². The molecule has 2 aromatic carbocycles. The Morgan fingerprint density at radius 1 is 1.11 bits per heavy atom. The lowest BCUT2D eigenvalue weighted by Crippen LogP contribution is -2.32. The summed E-state index contributed by atoms with van der Waals surface area (Å²) in [5.74, 6) is 1.83. The smallest absolute Gasteiger partial charge is 0.252 e. The van der Waals surface area contributed by atoms with Gasteiger partial charge in [0.2, 0.25) is 0 Å². The molecule has 1 atom stereocenters. The molecule has 10 heteroatoms. The number of halogens is 1. The molecule has 0 aliphatic carbocycles. The zero-order chi connectivity index (χ0) is 26.5. The van der Waals surface area contributed by atoms with E-state index in [0.717, 1.165) is 28.0 Å². The zero-order valence-electron chi connectivity index (χ0n) is 21.3. The molecule has 0 unspecified atom stereocenters. The molecule has 0 saturated heterocycles. The van der Waals surface area contributed by atoms with Gasteiger partial charge in [0.25, 0.3) is 5.56 Å². The summed E-state index contributed by atoms with van der Waals surface area (Å²) in [4.78, 5) is 18.3. The SMILES string of the molecule is CCOc1ccc2[nH]c(=O)c(CN(Cc3ccc(F)cc3)[C@@H](CC)c3nnnn3Cc3ccco3)cc2c1. The van der Waals surface area contributed by atoms with Gasteiger partial charge in [0.1, 0.15) is 23.9 Å². The highest BCUT2D eigenvalue weighted by Crippen LogP contribution is 2.27. The molecule has 5 rings (SSSR count). The van der Waals surface area contributed by atoms with Gasteiger partial charge in [-0.25, -0.2) is 9.07 Å². The summed E-state index contributed by atoms with van der Waals surface area (Å²) in [7, 11) is 0. The molecule has 0 fully saturated rings. The van der Waals surface area contributed by atoms with Crippen LogP contribution in [-0.4, -0.2) is 36.7 Å². The van der Waals surface area contributed by atoms with E-state index >= 15 is 0 Å². The lowest BCUT2D eigenvalue weighted by molar-refractivity contribution is 0.161. The summed E-state index contributed by atoms with van der Waals surface area (Å²) >= 11 is 0. The van der Waals surface area contributed by atoms with Gasteiger partial charge in [-0.1, -0.05) is 19.1 Å². The molecule has 0 bridgehead atoms. The zero-order valence-corrected chi connectivity index (χ0v) is 21.3. The monoisotopic (exact) mass is 516 g/mol. The van der Waals surface area contributed by atoms with Crippen molar-refractivity contribution in [1.29, 1.82) is 0 Å². The van der Waals surface area contributed by atoms with E-state index in [1.807, 2.05) is 50.2 Å². The lowest BCUT2D eigenvalue weighted by atomic mass is 10.1. The standard InChI is InChI=1S/C28H29FN6O3/c1-3-26(27-31-32-33-35(27)18-24-6-5-13-38-24)34(16-19-7-9-22(29)10-8-19)17-21-14-20-15-23(37-4-2)11-12-25(20)30-28(21)36/h5-15,26H,3-4,16-18H2,1-2H3,(H,30,36)/t26-/m0/s1. The number of rotatable bonds is 11. The van der Waals surface area contributed by atoms with E-state index in [1.54, 1.807) is 23.1 Å². The van der Waals surface area contributed by atoms with Crippen molar-refractivity contribution >= 4 is 10.9 Å². The summed E-state index contributed by atoms with van der Waals surface area (Å²) in [6.45, 7) is 5.70. The van der Waals surface area contributed by atoms with Crippen molar-refractivity contribution in [3.8, 4) is 5.75 Å². The number of hydrogen-bond acceptors (Lipinski definition) is 7. The van der Waals surface area contributed by atoms with Crippen molar-refractivity contribution in [2.75, 3.05) is 6.61 Å². The molecule has 196 valence electrons. The summed E-state index contributed by atoms with van der Waals surface area (Å²) in [6, 6.07) is 17.3. The number of nitrogens with zero attached hydrogens (tertiary/aromatic N) is 5. The summed E-state index contributed by atoms with van der Waals surface area (Å²) < 4.78 is 26.5. The molecular formula is C28H29FN6O3. The first-order valence-corrected chi connectivity index (χ1v) is 12.6. The maximum atomic E-state index is 13.6. The van der Waals surface area contributed by atoms with Crippen molar-refractivity contribution in [3.63, 3.8) is 0 Å². The molecule has 0 aliphatic rings. The number of aromatic amines is 1. The second-order valence-corrected chi connectivity index (χ2v) is 9.04. The molecule has 9 nitrogen and oxygen atoms in total. The van der Waals surface area contributed by atoms with Gasteiger partial charge in [-0.2, -0.15) is 0 Å². The highest BCUT2D eigenvalue weighted by Gasteiger charge is 2.26. The largest absolute Gasteiger partial charge is 0.494 e. The number of hydrogen-bond donors (Lipinski definition) is 1. The van der Waals surface area contributed by atoms with Crippen LogP contribution in [0.1, 0.15) is 49.0 Å². The number of tetrazole rings is 1. The van der Waals surface area contributed by atoms with E-state index in [2.05, 4.69) is 25.4 Å². The predicted octanol–water partition coefficient (Wildman–Crippen LogP) is 4.85. The van der Waals surface area contributed by atoms with E-state index in [-0.39, 0.29) is 17.4 Å². The number of nitrogens with one attached hydrogen (secondary N) is 1. The van der Waals surface area contributed by atoms with Crippen LogP contribution in [0.4, 0.5) is 4.39 Å². The topological polar surface area (TPSA) is 102 Å². The van der Waals surface area contributed by atoms with Crippen LogP contribution in [0.15, 0.2) is 76.1 Å². The molecule has 38 heavy (non-hydrogen) atoms. The first kappa shape index (κ1) is 25.3. The third kappa shape index (κ3) is 5.65. The van der Waals surface area contributed by atoms with Crippen LogP contribution in [0.5, 0.6) is 5.75 Å². The minimum absolute atomic E-state index is 0.171. The average Bonchev–Trinajstić information content (AvgIpc) is 3.59. The molecule has 0 radical (unpaired) electrons. The van der Waals surface area contributed by atoms with Gasteiger partial charge < -0.3 is 14.1 Å². The molecule has 3 aromatic heterocycles. The van der Waals surface area contributed by atoms with Crippen LogP contribution >= 0.6 is 0 Å². The van der Waals surface area contributed by atoms with E-state index in [4.69, 9.17) is 9.15 Å². The summed E-state index contributed by atoms with van der Waals surface area (Å²) in [6.07, 6.45) is 2.29. The van der Waals surface area contributed by atoms with E-state index in [9.17, 15) is 9.18 Å². The first-order chi connectivity index (χ1) is 18.5. The van der Waals surface area contributed by atoms with Crippen LogP contribution in [0.25, 0.3) is 10.9 Å². The Labute approximate surface area is 218 Å². The number of furan rings is 1. The van der Waals surface area contributed by atoms with Crippen LogP contribution in [0.3, 0.4) is 0 Å². The Balaban J connectivity index is 1.52. The number of aromatic nitrogens is 5. The maximum absolute atomic E-state index is 13.6. The van der Waals surface area contributed by atoms with Crippen molar-refractivity contribution in [3.05, 3.63) is 106 Å². The highest BCUT2D eigenvalue weighted by molar-refractivity contribution is 5.80. The number of fused-ring (bicyclic) bond motifs is 1. The fraction of sp³-hybridized carbons (Fsp3) is 0.286. The number of pyridine rings is 1. The van der Waals surface area contributed by atoms with Crippen LogP contribution in [-0.2, 0) is 19.6 Å². The normalized spacial score (nSPS) is 12.3. The minimum Gasteiger partial charge on any atom is -0.494 e. The molecule has 0 amide bonds. The van der Waals surface area contributed by atoms with Crippen molar-refractivity contribution in [1.82, 2.24) is 30.1 Å². The summed E-state index contributed by atoms with van der Waals surface area (Å²) in [5, 5.41) is 13.3.